The maximum Gasteiger partial charge on any atom is 0.0991 e. The van der Waals surface area contributed by atoms with Crippen LogP contribution in [0.15, 0.2) is 91.8 Å². The van der Waals surface area contributed by atoms with Gasteiger partial charge in [-0.1, -0.05) is 48.5 Å². The highest BCUT2D eigenvalue weighted by molar-refractivity contribution is 5.78. The van der Waals surface area contributed by atoms with Gasteiger partial charge in [0.1, 0.15) is 0 Å². The van der Waals surface area contributed by atoms with Crippen molar-refractivity contribution in [2.24, 2.45) is 0 Å². The first-order chi connectivity index (χ1) is 11.4. The van der Waals surface area contributed by atoms with E-state index in [-0.39, 0.29) is 0 Å². The van der Waals surface area contributed by atoms with Gasteiger partial charge in [-0.05, 0) is 23.3 Å². The Morgan fingerprint density at radius 3 is 2.30 bits per heavy atom. The van der Waals surface area contributed by atoms with E-state index in [1.54, 1.807) is 12.4 Å². The molecule has 0 N–H and O–H groups in total. The van der Waals surface area contributed by atoms with Gasteiger partial charge in [-0.3, -0.25) is 4.98 Å². The minimum atomic E-state index is 1.11. The Hall–Kier alpha value is -3.20. The molecule has 2 heterocycles. The third-order valence-electron chi connectivity index (χ3n) is 3.86. The van der Waals surface area contributed by atoms with E-state index in [1.807, 2.05) is 35.4 Å². The average molecular weight is 297 g/mol. The largest absolute Gasteiger partial charge is 0.306 e. The maximum absolute atomic E-state index is 4.21. The second-order valence-electron chi connectivity index (χ2n) is 5.31. The first-order valence-electron chi connectivity index (χ1n) is 7.50. The Morgan fingerprint density at radius 1 is 0.696 bits per heavy atom. The van der Waals surface area contributed by atoms with Gasteiger partial charge in [0.15, 0.2) is 0 Å². The van der Waals surface area contributed by atoms with Gasteiger partial charge in [-0.2, -0.15) is 0 Å². The number of aromatic nitrogens is 3. The van der Waals surface area contributed by atoms with Crippen molar-refractivity contribution in [1.82, 2.24) is 14.5 Å². The van der Waals surface area contributed by atoms with Gasteiger partial charge in [0, 0.05) is 35.9 Å². The number of benzene rings is 2. The number of nitrogens with zero attached hydrogens (tertiary/aromatic N) is 3. The summed E-state index contributed by atoms with van der Waals surface area (Å²) in [4.78, 5) is 8.40. The molecule has 4 aromatic rings. The molecule has 23 heavy (non-hydrogen) atoms. The standard InChI is InChI=1S/C20H15N3/c1-2-5-16(6-3-1)19-9-8-17(18-7-4-10-21-14-18)13-20(19)23-12-11-22-15-23/h1-15H. The molecule has 0 saturated heterocycles. The van der Waals surface area contributed by atoms with Crippen LogP contribution in [-0.4, -0.2) is 14.5 Å². The van der Waals surface area contributed by atoms with Crippen molar-refractivity contribution in [2.45, 2.75) is 0 Å². The second kappa shape index (κ2) is 5.89. The van der Waals surface area contributed by atoms with Gasteiger partial charge in [0.25, 0.3) is 0 Å². The molecule has 0 fully saturated rings. The molecule has 4 rings (SSSR count). The Morgan fingerprint density at radius 2 is 1.57 bits per heavy atom. The lowest BCUT2D eigenvalue weighted by atomic mass is 9.99. The fourth-order valence-electron chi connectivity index (χ4n) is 2.72. The molecule has 0 spiro atoms. The topological polar surface area (TPSA) is 30.7 Å². The van der Waals surface area contributed by atoms with E-state index in [0.717, 1.165) is 16.8 Å². The van der Waals surface area contributed by atoms with Crippen molar-refractivity contribution in [3.05, 3.63) is 91.8 Å². The van der Waals surface area contributed by atoms with Gasteiger partial charge in [0.05, 0.1) is 12.0 Å². The first-order valence-corrected chi connectivity index (χ1v) is 7.50. The summed E-state index contributed by atoms with van der Waals surface area (Å²) in [6.45, 7) is 0. The number of hydrogen-bond donors (Lipinski definition) is 0. The van der Waals surface area contributed by atoms with Crippen molar-refractivity contribution >= 4 is 0 Å². The highest BCUT2D eigenvalue weighted by atomic mass is 15.0. The Balaban J connectivity index is 1.91. The van der Waals surface area contributed by atoms with Crippen LogP contribution in [0, 0.1) is 0 Å². The summed E-state index contributed by atoms with van der Waals surface area (Å²) in [7, 11) is 0. The minimum absolute atomic E-state index is 1.11. The molecule has 0 aliphatic carbocycles. The molecule has 2 aromatic carbocycles. The van der Waals surface area contributed by atoms with Crippen molar-refractivity contribution < 1.29 is 0 Å². The molecule has 0 aliphatic rings. The lowest BCUT2D eigenvalue weighted by Gasteiger charge is -2.13. The van der Waals surface area contributed by atoms with E-state index >= 15 is 0 Å². The van der Waals surface area contributed by atoms with Crippen LogP contribution in [0.2, 0.25) is 0 Å². The van der Waals surface area contributed by atoms with Crippen LogP contribution in [0.25, 0.3) is 27.9 Å². The van der Waals surface area contributed by atoms with Crippen molar-refractivity contribution in [1.29, 1.82) is 0 Å². The minimum Gasteiger partial charge on any atom is -0.306 e. The smallest absolute Gasteiger partial charge is 0.0991 e. The molecule has 0 amide bonds. The zero-order valence-electron chi connectivity index (χ0n) is 12.5. The number of rotatable bonds is 3. The van der Waals surface area contributed by atoms with E-state index in [1.165, 1.54) is 11.1 Å². The van der Waals surface area contributed by atoms with Crippen molar-refractivity contribution in [3.8, 4) is 27.9 Å². The van der Waals surface area contributed by atoms with E-state index in [2.05, 4.69) is 58.5 Å². The number of imidazole rings is 1. The Bertz CT molecular complexity index is 898. The number of pyridine rings is 1. The van der Waals surface area contributed by atoms with E-state index < -0.39 is 0 Å². The van der Waals surface area contributed by atoms with E-state index in [9.17, 15) is 0 Å². The lowest BCUT2D eigenvalue weighted by Crippen LogP contribution is -1.95. The van der Waals surface area contributed by atoms with E-state index in [0.29, 0.717) is 0 Å². The van der Waals surface area contributed by atoms with Crippen LogP contribution in [0.3, 0.4) is 0 Å². The zero-order chi connectivity index (χ0) is 15.5. The predicted molar refractivity (Wildman–Crippen MR) is 92.2 cm³/mol. The summed E-state index contributed by atoms with van der Waals surface area (Å²) in [5.41, 5.74) is 5.72. The molecule has 2 aromatic heterocycles. The van der Waals surface area contributed by atoms with Gasteiger partial charge < -0.3 is 4.57 Å². The third kappa shape index (κ3) is 2.64. The fourth-order valence-corrected chi connectivity index (χ4v) is 2.72. The molecule has 110 valence electrons. The summed E-state index contributed by atoms with van der Waals surface area (Å²) in [5.74, 6) is 0. The van der Waals surface area contributed by atoms with Crippen LogP contribution in [-0.2, 0) is 0 Å². The summed E-state index contributed by atoms with van der Waals surface area (Å²) < 4.78 is 2.04. The Kier molecular flexibility index (Phi) is 3.45. The number of hydrogen-bond acceptors (Lipinski definition) is 2. The quantitative estimate of drug-likeness (QED) is 0.553. The normalized spacial score (nSPS) is 10.6. The average Bonchev–Trinajstić information content (AvgIpc) is 3.17. The molecule has 3 heteroatoms. The highest BCUT2D eigenvalue weighted by Crippen LogP contribution is 2.31. The highest BCUT2D eigenvalue weighted by Gasteiger charge is 2.09. The van der Waals surface area contributed by atoms with Crippen LogP contribution < -0.4 is 0 Å². The maximum atomic E-state index is 4.21. The fraction of sp³-hybridized carbons (Fsp3) is 0. The van der Waals surface area contributed by atoms with Gasteiger partial charge >= 0.3 is 0 Å². The third-order valence-corrected chi connectivity index (χ3v) is 3.86. The van der Waals surface area contributed by atoms with Crippen molar-refractivity contribution in [2.75, 3.05) is 0 Å². The molecule has 3 nitrogen and oxygen atoms in total. The molecule has 0 bridgehead atoms. The zero-order valence-corrected chi connectivity index (χ0v) is 12.5. The SMILES string of the molecule is c1ccc(-c2ccc(-c3cccnc3)cc2-n2ccnc2)cc1. The summed E-state index contributed by atoms with van der Waals surface area (Å²) in [6.07, 6.45) is 9.27. The monoisotopic (exact) mass is 297 g/mol. The predicted octanol–water partition coefficient (Wildman–Crippen LogP) is 4.60. The molecule has 0 aliphatic heterocycles. The molecular weight excluding hydrogens is 282 g/mol. The first kappa shape index (κ1) is 13.5. The summed E-state index contributed by atoms with van der Waals surface area (Å²) in [5, 5.41) is 0. The Labute approximate surface area is 134 Å². The van der Waals surface area contributed by atoms with Crippen LogP contribution in [0.5, 0.6) is 0 Å². The van der Waals surface area contributed by atoms with Crippen molar-refractivity contribution in [3.63, 3.8) is 0 Å². The van der Waals surface area contributed by atoms with Gasteiger partial charge in [0.2, 0.25) is 0 Å². The van der Waals surface area contributed by atoms with Crippen LogP contribution >= 0.6 is 0 Å². The molecular formula is C20H15N3. The van der Waals surface area contributed by atoms with Gasteiger partial charge in [-0.15, -0.1) is 0 Å². The second-order valence-corrected chi connectivity index (χ2v) is 5.31. The molecule has 0 saturated carbocycles. The van der Waals surface area contributed by atoms with Crippen LogP contribution in [0.4, 0.5) is 0 Å². The van der Waals surface area contributed by atoms with E-state index in [4.69, 9.17) is 0 Å². The summed E-state index contributed by atoms with van der Waals surface area (Å²) >= 11 is 0. The molecule has 0 radical (unpaired) electrons. The summed E-state index contributed by atoms with van der Waals surface area (Å²) in [6, 6.07) is 20.9. The molecule has 0 atom stereocenters. The molecule has 0 unspecified atom stereocenters. The van der Waals surface area contributed by atoms with Gasteiger partial charge in [-0.25, -0.2) is 4.98 Å². The lowest BCUT2D eigenvalue weighted by molar-refractivity contribution is 1.06. The van der Waals surface area contributed by atoms with Crippen LogP contribution in [0.1, 0.15) is 0 Å².